The summed E-state index contributed by atoms with van der Waals surface area (Å²) in [4.78, 5) is 0.0521. The van der Waals surface area contributed by atoms with Crippen LogP contribution in [0.25, 0.3) is 0 Å². The van der Waals surface area contributed by atoms with Gasteiger partial charge in [-0.2, -0.15) is 0 Å². The number of nitrogen functional groups attached to an aromatic ring is 1. The van der Waals surface area contributed by atoms with Crippen molar-refractivity contribution in [2.24, 2.45) is 11.1 Å². The summed E-state index contributed by atoms with van der Waals surface area (Å²) in [7, 11) is -3.72. The van der Waals surface area contributed by atoms with E-state index < -0.39 is 10.0 Å². The van der Waals surface area contributed by atoms with Crippen LogP contribution in [0.1, 0.15) is 32.6 Å². The Bertz CT molecular complexity index is 553. The molecule has 0 bridgehead atoms. The molecule has 2 rings (SSSR count). The van der Waals surface area contributed by atoms with E-state index in [9.17, 15) is 8.42 Å². The average Bonchev–Trinajstić information content (AvgIpc) is 3.10. The van der Waals surface area contributed by atoms with Crippen molar-refractivity contribution in [1.82, 2.24) is 0 Å². The summed E-state index contributed by atoms with van der Waals surface area (Å²) in [6, 6.07) is 5.01. The zero-order chi connectivity index (χ0) is 14.0. The maximum Gasteiger partial charge on any atom is 0.238 e. The minimum atomic E-state index is -3.72. The molecule has 0 amide bonds. The molecule has 1 saturated carbocycles. The third kappa shape index (κ3) is 4.11. The zero-order valence-electron chi connectivity index (χ0n) is 11.1. The number of benzene rings is 1. The first-order chi connectivity index (χ1) is 8.88. The fourth-order valence-corrected chi connectivity index (χ4v) is 2.78. The van der Waals surface area contributed by atoms with E-state index in [0.29, 0.717) is 11.7 Å². The second kappa shape index (κ2) is 5.38. The Morgan fingerprint density at radius 1 is 1.37 bits per heavy atom. The van der Waals surface area contributed by atoms with Gasteiger partial charge in [-0.15, -0.1) is 0 Å². The van der Waals surface area contributed by atoms with Crippen LogP contribution in [0.4, 0.5) is 11.4 Å². The van der Waals surface area contributed by atoms with E-state index in [1.54, 1.807) is 12.1 Å². The minimum Gasteiger partial charge on any atom is -0.399 e. The number of sulfonamides is 1. The van der Waals surface area contributed by atoms with Crippen LogP contribution in [0, 0.1) is 5.92 Å². The molecule has 5 N–H and O–H groups in total. The minimum absolute atomic E-state index is 0.0521. The van der Waals surface area contributed by atoms with Gasteiger partial charge in [-0.05, 0) is 37.0 Å². The van der Waals surface area contributed by atoms with Crippen molar-refractivity contribution in [1.29, 1.82) is 0 Å². The molecule has 106 valence electrons. The predicted octanol–water partition coefficient (Wildman–Crippen LogP) is 1.91. The third-order valence-electron chi connectivity index (χ3n) is 3.44. The smallest absolute Gasteiger partial charge is 0.238 e. The summed E-state index contributed by atoms with van der Waals surface area (Å²) in [6.45, 7) is 2.12. The molecule has 6 heteroatoms. The Labute approximate surface area is 114 Å². The van der Waals surface area contributed by atoms with Crippen molar-refractivity contribution < 1.29 is 8.42 Å². The van der Waals surface area contributed by atoms with Crippen LogP contribution in [0.3, 0.4) is 0 Å². The van der Waals surface area contributed by atoms with E-state index in [0.717, 1.165) is 24.4 Å². The number of rotatable bonds is 6. The zero-order valence-corrected chi connectivity index (χ0v) is 11.9. The molecule has 1 unspecified atom stereocenters. The van der Waals surface area contributed by atoms with E-state index >= 15 is 0 Å². The maximum atomic E-state index is 11.4. The van der Waals surface area contributed by atoms with Gasteiger partial charge in [0.1, 0.15) is 0 Å². The number of anilines is 2. The standard InChI is InChI=1S/C13H21N3O2S/c1-2-11(5-9-3-4-9)16-12-6-10(14)7-13(8-12)19(15,17)18/h6-9,11,16H,2-5,14H2,1H3,(H2,15,17,18). The molecule has 0 aliphatic heterocycles. The number of nitrogens with two attached hydrogens (primary N) is 2. The average molecular weight is 283 g/mol. The highest BCUT2D eigenvalue weighted by molar-refractivity contribution is 7.89. The van der Waals surface area contributed by atoms with Gasteiger partial charge in [0.05, 0.1) is 4.90 Å². The van der Waals surface area contributed by atoms with Crippen molar-refractivity contribution in [2.45, 2.75) is 43.5 Å². The highest BCUT2D eigenvalue weighted by Crippen LogP contribution is 2.35. The summed E-state index contributed by atoms with van der Waals surface area (Å²) in [5.74, 6) is 0.816. The van der Waals surface area contributed by atoms with E-state index in [2.05, 4.69) is 12.2 Å². The van der Waals surface area contributed by atoms with Crippen LogP contribution in [-0.4, -0.2) is 14.5 Å². The van der Waals surface area contributed by atoms with Gasteiger partial charge < -0.3 is 11.1 Å². The lowest BCUT2D eigenvalue weighted by Crippen LogP contribution is -2.20. The molecule has 1 atom stereocenters. The Kier molecular flexibility index (Phi) is 4.01. The van der Waals surface area contributed by atoms with Gasteiger partial charge in [-0.3, -0.25) is 0 Å². The molecule has 1 aromatic rings. The molecule has 0 radical (unpaired) electrons. The van der Waals surface area contributed by atoms with E-state index in [1.165, 1.54) is 18.9 Å². The molecule has 19 heavy (non-hydrogen) atoms. The summed E-state index contributed by atoms with van der Waals surface area (Å²) >= 11 is 0. The topological polar surface area (TPSA) is 98.2 Å². The Hall–Kier alpha value is -1.27. The van der Waals surface area contributed by atoms with Crippen LogP contribution in [-0.2, 0) is 10.0 Å². The summed E-state index contributed by atoms with van der Waals surface area (Å²) in [5, 5.41) is 8.49. The van der Waals surface area contributed by atoms with E-state index in [-0.39, 0.29) is 4.90 Å². The second-order valence-electron chi connectivity index (χ2n) is 5.26. The van der Waals surface area contributed by atoms with Crippen LogP contribution >= 0.6 is 0 Å². The van der Waals surface area contributed by atoms with E-state index in [4.69, 9.17) is 10.9 Å². The summed E-state index contributed by atoms with van der Waals surface area (Å²) in [5.41, 5.74) is 6.84. The third-order valence-corrected chi connectivity index (χ3v) is 4.33. The van der Waals surface area contributed by atoms with Crippen LogP contribution in [0.15, 0.2) is 23.1 Å². The Morgan fingerprint density at radius 3 is 2.58 bits per heavy atom. The number of hydrogen-bond donors (Lipinski definition) is 3. The lowest BCUT2D eigenvalue weighted by atomic mass is 10.1. The number of primary sulfonamides is 1. The van der Waals surface area contributed by atoms with Crippen molar-refractivity contribution in [3.05, 3.63) is 18.2 Å². The fraction of sp³-hybridized carbons (Fsp3) is 0.538. The van der Waals surface area contributed by atoms with Crippen molar-refractivity contribution in [2.75, 3.05) is 11.1 Å². The molecule has 1 aromatic carbocycles. The Balaban J connectivity index is 2.16. The highest BCUT2D eigenvalue weighted by Gasteiger charge is 2.24. The predicted molar refractivity (Wildman–Crippen MR) is 77.3 cm³/mol. The first kappa shape index (κ1) is 14.1. The van der Waals surface area contributed by atoms with Gasteiger partial charge >= 0.3 is 0 Å². The molecular formula is C13H21N3O2S. The molecule has 1 fully saturated rings. The summed E-state index contributed by atoms with van der Waals surface area (Å²) < 4.78 is 22.7. The first-order valence-electron chi connectivity index (χ1n) is 6.58. The molecule has 0 spiro atoms. The number of hydrogen-bond acceptors (Lipinski definition) is 4. The SMILES string of the molecule is CCC(CC1CC1)Nc1cc(N)cc(S(N)(=O)=O)c1. The van der Waals surface area contributed by atoms with Gasteiger partial charge in [0.2, 0.25) is 10.0 Å². The number of nitrogens with one attached hydrogen (secondary N) is 1. The van der Waals surface area contributed by atoms with Gasteiger partial charge in [0, 0.05) is 17.4 Å². The molecule has 0 aromatic heterocycles. The van der Waals surface area contributed by atoms with Crippen molar-refractivity contribution in [3.63, 3.8) is 0 Å². The van der Waals surface area contributed by atoms with Crippen LogP contribution in [0.2, 0.25) is 0 Å². The first-order valence-corrected chi connectivity index (χ1v) is 8.13. The molecule has 5 nitrogen and oxygen atoms in total. The van der Waals surface area contributed by atoms with Gasteiger partial charge in [-0.1, -0.05) is 19.8 Å². The quantitative estimate of drug-likeness (QED) is 0.694. The van der Waals surface area contributed by atoms with Gasteiger partial charge in [-0.25, -0.2) is 13.6 Å². The highest BCUT2D eigenvalue weighted by atomic mass is 32.2. The normalized spacial score (nSPS) is 17.2. The van der Waals surface area contributed by atoms with Crippen molar-refractivity contribution >= 4 is 21.4 Å². The maximum absolute atomic E-state index is 11.4. The fourth-order valence-electron chi connectivity index (χ4n) is 2.19. The molecule has 1 aliphatic rings. The van der Waals surface area contributed by atoms with Crippen LogP contribution < -0.4 is 16.2 Å². The van der Waals surface area contributed by atoms with Gasteiger partial charge in [0.25, 0.3) is 0 Å². The monoisotopic (exact) mass is 283 g/mol. The van der Waals surface area contributed by atoms with Crippen molar-refractivity contribution in [3.8, 4) is 0 Å². The lowest BCUT2D eigenvalue weighted by molar-refractivity contribution is 0.586. The molecule has 0 saturated heterocycles. The lowest BCUT2D eigenvalue weighted by Gasteiger charge is -2.19. The largest absolute Gasteiger partial charge is 0.399 e. The van der Waals surface area contributed by atoms with Crippen LogP contribution in [0.5, 0.6) is 0 Å². The Morgan fingerprint density at radius 2 is 2.05 bits per heavy atom. The summed E-state index contributed by atoms with van der Waals surface area (Å²) in [6.07, 6.45) is 4.72. The molecule has 1 aliphatic carbocycles. The van der Waals surface area contributed by atoms with Gasteiger partial charge in [0.15, 0.2) is 0 Å². The van der Waals surface area contributed by atoms with E-state index in [1.807, 2.05) is 0 Å². The second-order valence-corrected chi connectivity index (χ2v) is 6.83. The molecule has 0 heterocycles. The molecular weight excluding hydrogens is 262 g/mol.